The molecular weight excluding hydrogens is 376 g/mol. The molecule has 150 valence electrons. The highest BCUT2D eigenvalue weighted by Crippen LogP contribution is 2.21. The van der Waals surface area contributed by atoms with Crippen LogP contribution in [-0.4, -0.2) is 33.6 Å². The lowest BCUT2D eigenvalue weighted by atomic mass is 10.1. The van der Waals surface area contributed by atoms with Crippen LogP contribution in [0.4, 0.5) is 5.69 Å². The molecule has 1 aliphatic rings. The third-order valence-corrected chi connectivity index (χ3v) is 6.08. The van der Waals surface area contributed by atoms with Crippen LogP contribution in [0.5, 0.6) is 0 Å². The molecule has 1 aliphatic heterocycles. The normalized spacial score (nSPS) is 16.7. The molecule has 7 heteroatoms. The second-order valence-electron chi connectivity index (χ2n) is 6.89. The molecule has 1 atom stereocenters. The van der Waals surface area contributed by atoms with Gasteiger partial charge >= 0.3 is 0 Å². The molecule has 0 bridgehead atoms. The number of nitrogens with one attached hydrogen (secondary N) is 2. The van der Waals surface area contributed by atoms with Crippen LogP contribution < -0.4 is 10.0 Å². The van der Waals surface area contributed by atoms with Gasteiger partial charge in [-0.05, 0) is 49.1 Å². The Labute approximate surface area is 166 Å². The lowest BCUT2D eigenvalue weighted by molar-refractivity contribution is 0.0858. The number of aryl methyl sites for hydroxylation is 1. The summed E-state index contributed by atoms with van der Waals surface area (Å²) in [5.74, 6) is -0.327. The Morgan fingerprint density at radius 3 is 2.57 bits per heavy atom. The van der Waals surface area contributed by atoms with Crippen LogP contribution in [0.15, 0.2) is 53.4 Å². The van der Waals surface area contributed by atoms with E-state index in [1.807, 2.05) is 12.1 Å². The maximum Gasteiger partial charge on any atom is 0.261 e. The van der Waals surface area contributed by atoms with E-state index >= 15 is 0 Å². The van der Waals surface area contributed by atoms with Crippen LogP contribution in [0.25, 0.3) is 0 Å². The van der Waals surface area contributed by atoms with Crippen molar-refractivity contribution in [1.29, 1.82) is 0 Å². The summed E-state index contributed by atoms with van der Waals surface area (Å²) in [4.78, 5) is 12.7. The second kappa shape index (κ2) is 9.21. The van der Waals surface area contributed by atoms with Crippen LogP contribution >= 0.6 is 0 Å². The minimum atomic E-state index is -3.79. The summed E-state index contributed by atoms with van der Waals surface area (Å²) < 4.78 is 33.6. The molecule has 0 saturated carbocycles. The highest BCUT2D eigenvalue weighted by atomic mass is 32.2. The van der Waals surface area contributed by atoms with Gasteiger partial charge in [0.2, 0.25) is 0 Å². The maximum atomic E-state index is 12.7. The van der Waals surface area contributed by atoms with Crippen molar-refractivity contribution in [2.24, 2.45) is 0 Å². The lowest BCUT2D eigenvalue weighted by Crippen LogP contribution is -2.32. The number of rotatable bonds is 8. The number of hydrogen-bond acceptors (Lipinski definition) is 4. The number of hydrogen-bond donors (Lipinski definition) is 2. The highest BCUT2D eigenvalue weighted by molar-refractivity contribution is 7.92. The van der Waals surface area contributed by atoms with Gasteiger partial charge < -0.3 is 10.1 Å². The van der Waals surface area contributed by atoms with E-state index in [4.69, 9.17) is 4.74 Å². The topological polar surface area (TPSA) is 84.5 Å². The van der Waals surface area contributed by atoms with Crippen LogP contribution in [0.2, 0.25) is 0 Å². The average molecular weight is 403 g/mol. The Morgan fingerprint density at radius 2 is 1.89 bits per heavy atom. The zero-order chi connectivity index (χ0) is 20.0. The van der Waals surface area contributed by atoms with E-state index in [2.05, 4.69) is 17.0 Å². The number of carbonyl (C=O) groups excluding carboxylic acids is 1. The number of sulfonamides is 1. The first-order valence-corrected chi connectivity index (χ1v) is 11.1. The standard InChI is InChI=1S/C21H26N2O4S/c1-2-6-16-10-12-18(13-11-16)28(25,26)23-20-9-4-3-8-19(20)21(24)22-15-17-7-5-14-27-17/h3-4,8-13,17,23H,2,5-7,14-15H2,1H3,(H,22,24). The van der Waals surface area contributed by atoms with Gasteiger partial charge in [0, 0.05) is 13.2 Å². The van der Waals surface area contributed by atoms with Gasteiger partial charge in [-0.3, -0.25) is 9.52 Å². The van der Waals surface area contributed by atoms with E-state index in [9.17, 15) is 13.2 Å². The molecule has 2 N–H and O–H groups in total. The number of anilines is 1. The molecule has 1 unspecified atom stereocenters. The summed E-state index contributed by atoms with van der Waals surface area (Å²) in [5.41, 5.74) is 1.63. The Hall–Kier alpha value is -2.38. The van der Waals surface area contributed by atoms with E-state index in [1.54, 1.807) is 36.4 Å². The third kappa shape index (κ3) is 5.11. The SMILES string of the molecule is CCCc1ccc(S(=O)(=O)Nc2ccccc2C(=O)NCC2CCCO2)cc1. The smallest absolute Gasteiger partial charge is 0.261 e. The highest BCUT2D eigenvalue weighted by Gasteiger charge is 2.20. The molecule has 6 nitrogen and oxygen atoms in total. The molecule has 1 saturated heterocycles. The van der Waals surface area contributed by atoms with E-state index < -0.39 is 10.0 Å². The van der Waals surface area contributed by atoms with Crippen molar-refractivity contribution in [2.75, 3.05) is 17.9 Å². The fraction of sp³-hybridized carbons (Fsp3) is 0.381. The number of ether oxygens (including phenoxy) is 1. The molecule has 2 aromatic rings. The summed E-state index contributed by atoms with van der Waals surface area (Å²) in [6.07, 6.45) is 3.84. The molecule has 2 aromatic carbocycles. The van der Waals surface area contributed by atoms with Gasteiger partial charge in [0.25, 0.3) is 15.9 Å². The van der Waals surface area contributed by atoms with Gasteiger partial charge in [-0.25, -0.2) is 8.42 Å². The van der Waals surface area contributed by atoms with Crippen molar-refractivity contribution >= 4 is 21.6 Å². The van der Waals surface area contributed by atoms with Gasteiger partial charge in [0.05, 0.1) is 22.3 Å². The van der Waals surface area contributed by atoms with Crippen LogP contribution in [0.1, 0.15) is 42.1 Å². The quantitative estimate of drug-likeness (QED) is 0.709. The third-order valence-electron chi connectivity index (χ3n) is 4.70. The van der Waals surface area contributed by atoms with Gasteiger partial charge in [-0.2, -0.15) is 0 Å². The number of benzene rings is 2. The minimum absolute atomic E-state index is 0.0226. The molecule has 0 radical (unpaired) electrons. The molecule has 0 aliphatic carbocycles. The maximum absolute atomic E-state index is 12.7. The molecule has 0 aromatic heterocycles. The molecule has 1 fully saturated rings. The Kier molecular flexibility index (Phi) is 6.70. The van der Waals surface area contributed by atoms with Crippen molar-refractivity contribution in [1.82, 2.24) is 5.32 Å². The summed E-state index contributed by atoms with van der Waals surface area (Å²) in [6, 6.07) is 13.4. The Morgan fingerprint density at radius 1 is 1.14 bits per heavy atom. The minimum Gasteiger partial charge on any atom is -0.376 e. The van der Waals surface area contributed by atoms with Crippen molar-refractivity contribution in [3.63, 3.8) is 0 Å². The summed E-state index contributed by atoms with van der Waals surface area (Å²) in [6.45, 7) is 3.21. The van der Waals surface area contributed by atoms with E-state index in [0.29, 0.717) is 13.2 Å². The first kappa shape index (κ1) is 20.4. The van der Waals surface area contributed by atoms with Crippen molar-refractivity contribution in [2.45, 2.75) is 43.6 Å². The predicted molar refractivity (Wildman–Crippen MR) is 109 cm³/mol. The van der Waals surface area contributed by atoms with Gasteiger partial charge in [0.15, 0.2) is 0 Å². The zero-order valence-electron chi connectivity index (χ0n) is 16.0. The number of para-hydroxylation sites is 1. The summed E-state index contributed by atoms with van der Waals surface area (Å²) in [5, 5.41) is 2.83. The van der Waals surface area contributed by atoms with E-state index in [-0.39, 0.29) is 28.2 Å². The van der Waals surface area contributed by atoms with Gasteiger partial charge in [0.1, 0.15) is 0 Å². The summed E-state index contributed by atoms with van der Waals surface area (Å²) >= 11 is 0. The Balaban J connectivity index is 1.73. The number of amides is 1. The van der Waals surface area contributed by atoms with Crippen molar-refractivity contribution in [3.05, 3.63) is 59.7 Å². The first-order valence-electron chi connectivity index (χ1n) is 9.60. The van der Waals surface area contributed by atoms with Crippen molar-refractivity contribution in [3.8, 4) is 0 Å². The average Bonchev–Trinajstić information content (AvgIpc) is 3.21. The predicted octanol–water partition coefficient (Wildman–Crippen LogP) is 3.35. The second-order valence-corrected chi connectivity index (χ2v) is 8.57. The molecular formula is C21H26N2O4S. The zero-order valence-corrected chi connectivity index (χ0v) is 16.8. The van der Waals surface area contributed by atoms with E-state index in [1.165, 1.54) is 0 Å². The molecule has 1 heterocycles. The molecule has 1 amide bonds. The Bertz CT molecular complexity index is 904. The van der Waals surface area contributed by atoms with Gasteiger partial charge in [-0.15, -0.1) is 0 Å². The summed E-state index contributed by atoms with van der Waals surface area (Å²) in [7, 11) is -3.79. The largest absolute Gasteiger partial charge is 0.376 e. The van der Waals surface area contributed by atoms with E-state index in [0.717, 1.165) is 31.2 Å². The van der Waals surface area contributed by atoms with Crippen molar-refractivity contribution < 1.29 is 17.9 Å². The van der Waals surface area contributed by atoms with Gasteiger partial charge in [-0.1, -0.05) is 37.6 Å². The molecule has 28 heavy (non-hydrogen) atoms. The fourth-order valence-corrected chi connectivity index (χ4v) is 4.28. The number of carbonyl (C=O) groups is 1. The monoisotopic (exact) mass is 402 g/mol. The molecule has 0 spiro atoms. The van der Waals surface area contributed by atoms with Crippen LogP contribution in [0, 0.1) is 0 Å². The lowest BCUT2D eigenvalue weighted by Gasteiger charge is -2.14. The van der Waals surface area contributed by atoms with Crippen LogP contribution in [0.3, 0.4) is 0 Å². The first-order chi connectivity index (χ1) is 13.5. The fourth-order valence-electron chi connectivity index (χ4n) is 3.20. The van der Waals surface area contributed by atoms with Crippen LogP contribution in [-0.2, 0) is 21.2 Å². The molecule has 3 rings (SSSR count).